The number of hydrogen-bond acceptors (Lipinski definition) is 5. The largest absolute Gasteiger partial charge is 0.493 e. The summed E-state index contributed by atoms with van der Waals surface area (Å²) in [7, 11) is 1.61. The third-order valence-corrected chi connectivity index (χ3v) is 5.11. The molecule has 2 aromatic carbocycles. The smallest absolute Gasteiger partial charge is 0.249 e. The van der Waals surface area contributed by atoms with E-state index >= 15 is 0 Å². The van der Waals surface area contributed by atoms with Crippen LogP contribution in [0.2, 0.25) is 0 Å². The SMILES string of the molecule is COc1cc(CNC(=O)C(C)OCC2CCCCO2)ccc1OCc1ccccc1. The number of hydrogen-bond donors (Lipinski definition) is 1. The molecule has 2 unspecified atom stereocenters. The van der Waals surface area contributed by atoms with E-state index < -0.39 is 6.10 Å². The Morgan fingerprint density at radius 2 is 1.97 bits per heavy atom. The van der Waals surface area contributed by atoms with Crippen molar-refractivity contribution in [2.24, 2.45) is 0 Å². The zero-order chi connectivity index (χ0) is 21.2. The molecule has 2 atom stereocenters. The van der Waals surface area contributed by atoms with E-state index in [0.29, 0.717) is 31.3 Å². The zero-order valence-corrected chi connectivity index (χ0v) is 17.8. The number of carbonyl (C=O) groups excluding carboxylic acids is 1. The lowest BCUT2D eigenvalue weighted by Gasteiger charge is -2.24. The molecule has 6 heteroatoms. The molecule has 0 aliphatic carbocycles. The molecule has 1 heterocycles. The van der Waals surface area contributed by atoms with Gasteiger partial charge in [-0.25, -0.2) is 0 Å². The minimum absolute atomic E-state index is 0.0988. The van der Waals surface area contributed by atoms with Gasteiger partial charge in [0.15, 0.2) is 11.5 Å². The Balaban J connectivity index is 1.46. The van der Waals surface area contributed by atoms with Crippen molar-refractivity contribution in [3.8, 4) is 11.5 Å². The highest BCUT2D eigenvalue weighted by Crippen LogP contribution is 2.29. The summed E-state index contributed by atoms with van der Waals surface area (Å²) in [5.74, 6) is 1.16. The number of benzene rings is 2. The van der Waals surface area contributed by atoms with Gasteiger partial charge in [0.2, 0.25) is 5.91 Å². The van der Waals surface area contributed by atoms with Crippen molar-refractivity contribution < 1.29 is 23.7 Å². The van der Waals surface area contributed by atoms with E-state index in [-0.39, 0.29) is 12.0 Å². The van der Waals surface area contributed by atoms with Gasteiger partial charge in [-0.05, 0) is 49.4 Å². The number of rotatable bonds is 10. The summed E-state index contributed by atoms with van der Waals surface area (Å²) in [5, 5.41) is 2.91. The van der Waals surface area contributed by atoms with Crippen molar-refractivity contribution in [3.05, 3.63) is 59.7 Å². The summed E-state index contributed by atoms with van der Waals surface area (Å²) in [6, 6.07) is 15.6. The third kappa shape index (κ3) is 6.75. The zero-order valence-electron chi connectivity index (χ0n) is 17.8. The van der Waals surface area contributed by atoms with Gasteiger partial charge in [0, 0.05) is 13.2 Å². The maximum Gasteiger partial charge on any atom is 0.249 e. The number of methoxy groups -OCH3 is 1. The lowest BCUT2D eigenvalue weighted by molar-refractivity contribution is -0.135. The van der Waals surface area contributed by atoms with Crippen LogP contribution in [0.3, 0.4) is 0 Å². The van der Waals surface area contributed by atoms with Gasteiger partial charge < -0.3 is 24.3 Å². The highest BCUT2D eigenvalue weighted by molar-refractivity contribution is 5.80. The van der Waals surface area contributed by atoms with E-state index in [0.717, 1.165) is 37.0 Å². The topological polar surface area (TPSA) is 66.0 Å². The molecule has 1 saturated heterocycles. The monoisotopic (exact) mass is 413 g/mol. The van der Waals surface area contributed by atoms with Crippen LogP contribution in [0.5, 0.6) is 11.5 Å². The molecule has 1 fully saturated rings. The first-order valence-electron chi connectivity index (χ1n) is 10.5. The average Bonchev–Trinajstić information content (AvgIpc) is 2.81. The molecule has 0 radical (unpaired) electrons. The second-order valence-corrected chi connectivity index (χ2v) is 7.44. The van der Waals surface area contributed by atoms with Gasteiger partial charge in [-0.3, -0.25) is 4.79 Å². The van der Waals surface area contributed by atoms with Gasteiger partial charge in [-0.1, -0.05) is 36.4 Å². The van der Waals surface area contributed by atoms with Crippen molar-refractivity contribution in [2.45, 2.75) is 51.5 Å². The quantitative estimate of drug-likeness (QED) is 0.641. The molecule has 0 bridgehead atoms. The van der Waals surface area contributed by atoms with Gasteiger partial charge in [-0.15, -0.1) is 0 Å². The first-order chi connectivity index (χ1) is 14.7. The minimum atomic E-state index is -0.522. The van der Waals surface area contributed by atoms with E-state index in [4.69, 9.17) is 18.9 Å². The van der Waals surface area contributed by atoms with Crippen molar-refractivity contribution >= 4 is 5.91 Å². The summed E-state index contributed by atoms with van der Waals surface area (Å²) < 4.78 is 22.7. The molecule has 162 valence electrons. The van der Waals surface area contributed by atoms with E-state index in [1.165, 1.54) is 0 Å². The van der Waals surface area contributed by atoms with E-state index in [1.54, 1.807) is 14.0 Å². The molecule has 0 spiro atoms. The predicted octanol–water partition coefficient (Wildman–Crippen LogP) is 3.86. The van der Waals surface area contributed by atoms with Crippen LogP contribution in [0, 0.1) is 0 Å². The van der Waals surface area contributed by atoms with Gasteiger partial charge >= 0.3 is 0 Å². The highest BCUT2D eigenvalue weighted by Gasteiger charge is 2.19. The van der Waals surface area contributed by atoms with Crippen LogP contribution >= 0.6 is 0 Å². The number of amides is 1. The summed E-state index contributed by atoms with van der Waals surface area (Å²) in [6.45, 7) is 3.85. The van der Waals surface area contributed by atoms with Crippen molar-refractivity contribution in [1.82, 2.24) is 5.32 Å². The third-order valence-electron chi connectivity index (χ3n) is 5.11. The number of nitrogens with one attached hydrogen (secondary N) is 1. The van der Waals surface area contributed by atoms with Crippen LogP contribution in [-0.2, 0) is 27.4 Å². The molecule has 3 rings (SSSR count). The average molecular weight is 414 g/mol. The predicted molar refractivity (Wildman–Crippen MR) is 115 cm³/mol. The molecule has 30 heavy (non-hydrogen) atoms. The van der Waals surface area contributed by atoms with Gasteiger partial charge in [0.05, 0.1) is 19.8 Å². The van der Waals surface area contributed by atoms with Crippen molar-refractivity contribution in [3.63, 3.8) is 0 Å². The van der Waals surface area contributed by atoms with E-state index in [1.807, 2.05) is 48.5 Å². The first-order valence-corrected chi connectivity index (χ1v) is 10.5. The maximum atomic E-state index is 12.3. The van der Waals surface area contributed by atoms with Crippen molar-refractivity contribution in [2.75, 3.05) is 20.3 Å². The Kier molecular flexibility index (Phi) is 8.53. The summed E-state index contributed by atoms with van der Waals surface area (Å²) >= 11 is 0. The maximum absolute atomic E-state index is 12.3. The van der Waals surface area contributed by atoms with Gasteiger partial charge in [0.25, 0.3) is 0 Å². The Labute approximate surface area is 178 Å². The molecule has 2 aromatic rings. The number of carbonyl (C=O) groups is 1. The molecule has 1 amide bonds. The van der Waals surface area contributed by atoms with Crippen LogP contribution in [0.25, 0.3) is 0 Å². The molecule has 1 aliphatic heterocycles. The summed E-state index contributed by atoms with van der Waals surface area (Å²) in [4.78, 5) is 12.3. The Morgan fingerprint density at radius 1 is 1.13 bits per heavy atom. The molecule has 1 N–H and O–H groups in total. The fraction of sp³-hybridized carbons (Fsp3) is 0.458. The lowest BCUT2D eigenvalue weighted by Crippen LogP contribution is -2.36. The molecule has 0 saturated carbocycles. The van der Waals surface area contributed by atoms with Crippen molar-refractivity contribution in [1.29, 1.82) is 0 Å². The molecule has 6 nitrogen and oxygen atoms in total. The van der Waals surface area contributed by atoms with Crippen LogP contribution < -0.4 is 14.8 Å². The second kappa shape index (κ2) is 11.6. The summed E-state index contributed by atoms with van der Waals surface area (Å²) in [6.07, 6.45) is 2.83. The Bertz CT molecular complexity index is 789. The Hall–Kier alpha value is -2.57. The van der Waals surface area contributed by atoms with Gasteiger partial charge in [-0.2, -0.15) is 0 Å². The highest BCUT2D eigenvalue weighted by atomic mass is 16.5. The van der Waals surface area contributed by atoms with E-state index in [2.05, 4.69) is 5.32 Å². The van der Waals surface area contributed by atoms with Crippen LogP contribution in [0.4, 0.5) is 0 Å². The standard InChI is InChI=1S/C24H31NO5/c1-18(29-17-21-10-6-7-13-28-21)24(26)25-15-20-11-12-22(23(14-20)27-2)30-16-19-8-4-3-5-9-19/h3-5,8-9,11-12,14,18,21H,6-7,10,13,15-17H2,1-2H3,(H,25,26). The normalized spacial score (nSPS) is 17.2. The van der Waals surface area contributed by atoms with E-state index in [9.17, 15) is 4.79 Å². The van der Waals surface area contributed by atoms with Crippen LogP contribution in [-0.4, -0.2) is 38.4 Å². The first kappa shape index (κ1) is 22.1. The van der Waals surface area contributed by atoms with Crippen LogP contribution in [0.15, 0.2) is 48.5 Å². The molecule has 0 aromatic heterocycles. The second-order valence-electron chi connectivity index (χ2n) is 7.44. The Morgan fingerprint density at radius 3 is 2.70 bits per heavy atom. The fourth-order valence-electron chi connectivity index (χ4n) is 3.28. The lowest BCUT2D eigenvalue weighted by atomic mass is 10.1. The van der Waals surface area contributed by atoms with Gasteiger partial charge in [0.1, 0.15) is 12.7 Å². The fourth-order valence-corrected chi connectivity index (χ4v) is 3.28. The molecule has 1 aliphatic rings. The summed E-state index contributed by atoms with van der Waals surface area (Å²) in [5.41, 5.74) is 2.01. The molecular formula is C24H31NO5. The number of ether oxygens (including phenoxy) is 4. The minimum Gasteiger partial charge on any atom is -0.493 e. The molecular weight excluding hydrogens is 382 g/mol. The van der Waals surface area contributed by atoms with Crippen LogP contribution in [0.1, 0.15) is 37.3 Å².